The topological polar surface area (TPSA) is 131 Å². The standard InChI is InChI=1S/C12H15N3O6/c16-6-8-21-7-5-13-11(17)12(18)14-9-1-3-10(4-2-9)15(19)20/h1-4,16H,5-8H2,(H,13,17)(H,14,18). The molecule has 114 valence electrons. The third-order valence-electron chi connectivity index (χ3n) is 2.31. The molecule has 1 rings (SSSR count). The summed E-state index contributed by atoms with van der Waals surface area (Å²) in [4.78, 5) is 32.8. The molecule has 1 aromatic rings. The van der Waals surface area contributed by atoms with E-state index in [2.05, 4.69) is 10.6 Å². The van der Waals surface area contributed by atoms with Gasteiger partial charge in [-0.15, -0.1) is 0 Å². The Kier molecular flexibility index (Phi) is 6.78. The van der Waals surface area contributed by atoms with E-state index in [9.17, 15) is 19.7 Å². The number of ether oxygens (including phenoxy) is 1. The van der Waals surface area contributed by atoms with Crippen LogP contribution in [0.15, 0.2) is 24.3 Å². The lowest BCUT2D eigenvalue weighted by molar-refractivity contribution is -0.384. The number of nitro benzene ring substituents is 1. The minimum atomic E-state index is -0.883. The Balaban J connectivity index is 2.38. The van der Waals surface area contributed by atoms with Crippen LogP contribution in [0.5, 0.6) is 0 Å². The van der Waals surface area contributed by atoms with Gasteiger partial charge in [-0.3, -0.25) is 19.7 Å². The highest BCUT2D eigenvalue weighted by molar-refractivity contribution is 6.39. The molecule has 0 fully saturated rings. The zero-order chi connectivity index (χ0) is 15.7. The van der Waals surface area contributed by atoms with Crippen LogP contribution in [-0.4, -0.2) is 48.2 Å². The molecule has 0 radical (unpaired) electrons. The highest BCUT2D eigenvalue weighted by Crippen LogP contribution is 2.15. The van der Waals surface area contributed by atoms with Crippen LogP contribution in [0.1, 0.15) is 0 Å². The van der Waals surface area contributed by atoms with Crippen molar-refractivity contribution in [2.45, 2.75) is 0 Å². The van der Waals surface area contributed by atoms with Crippen LogP contribution in [0.4, 0.5) is 11.4 Å². The molecule has 0 bridgehead atoms. The zero-order valence-corrected chi connectivity index (χ0v) is 11.1. The number of aliphatic hydroxyl groups is 1. The maximum Gasteiger partial charge on any atom is 0.313 e. The molecule has 9 nitrogen and oxygen atoms in total. The van der Waals surface area contributed by atoms with Gasteiger partial charge in [0.15, 0.2) is 0 Å². The first-order valence-electron chi connectivity index (χ1n) is 6.07. The predicted octanol–water partition coefficient (Wildman–Crippen LogP) is -0.342. The van der Waals surface area contributed by atoms with Crippen molar-refractivity contribution in [1.82, 2.24) is 5.32 Å². The van der Waals surface area contributed by atoms with Gasteiger partial charge in [-0.2, -0.15) is 0 Å². The Bertz CT molecular complexity index is 502. The molecule has 0 heterocycles. The lowest BCUT2D eigenvalue weighted by Gasteiger charge is -2.06. The third-order valence-corrected chi connectivity index (χ3v) is 2.31. The minimum Gasteiger partial charge on any atom is -0.394 e. The number of amides is 2. The average Bonchev–Trinajstić information content (AvgIpc) is 2.47. The van der Waals surface area contributed by atoms with Crippen LogP contribution < -0.4 is 10.6 Å². The van der Waals surface area contributed by atoms with Crippen LogP contribution in [0.3, 0.4) is 0 Å². The predicted molar refractivity (Wildman–Crippen MR) is 72.6 cm³/mol. The van der Waals surface area contributed by atoms with Gasteiger partial charge >= 0.3 is 11.8 Å². The van der Waals surface area contributed by atoms with Gasteiger partial charge in [0.05, 0.1) is 24.7 Å². The summed E-state index contributed by atoms with van der Waals surface area (Å²) in [5.41, 5.74) is 0.163. The number of hydrogen-bond acceptors (Lipinski definition) is 6. The normalized spacial score (nSPS) is 9.95. The summed E-state index contributed by atoms with van der Waals surface area (Å²) in [6.07, 6.45) is 0. The van der Waals surface area contributed by atoms with Gasteiger partial charge in [-0.1, -0.05) is 0 Å². The van der Waals surface area contributed by atoms with E-state index in [-0.39, 0.29) is 37.7 Å². The SMILES string of the molecule is O=C(NCCOCCO)C(=O)Nc1ccc([N+](=O)[O-])cc1. The Morgan fingerprint density at radius 1 is 1.19 bits per heavy atom. The van der Waals surface area contributed by atoms with Gasteiger partial charge in [0.2, 0.25) is 0 Å². The van der Waals surface area contributed by atoms with E-state index in [1.165, 1.54) is 24.3 Å². The number of carbonyl (C=O) groups is 2. The number of nitrogens with one attached hydrogen (secondary N) is 2. The van der Waals surface area contributed by atoms with Gasteiger partial charge in [0.25, 0.3) is 5.69 Å². The summed E-state index contributed by atoms with van der Waals surface area (Å²) >= 11 is 0. The number of nitrogens with zero attached hydrogens (tertiary/aromatic N) is 1. The molecule has 0 aromatic heterocycles. The van der Waals surface area contributed by atoms with Crippen LogP contribution in [0.2, 0.25) is 0 Å². The van der Waals surface area contributed by atoms with Crippen LogP contribution in [0.25, 0.3) is 0 Å². The molecule has 2 amide bonds. The summed E-state index contributed by atoms with van der Waals surface area (Å²) in [6, 6.07) is 5.09. The first-order chi connectivity index (χ1) is 10.0. The van der Waals surface area contributed by atoms with E-state index in [1.807, 2.05) is 0 Å². The number of nitro groups is 1. The molecule has 0 aliphatic rings. The summed E-state index contributed by atoms with van der Waals surface area (Å²) in [6.45, 7) is 0.350. The molecular formula is C12H15N3O6. The molecule has 21 heavy (non-hydrogen) atoms. The second kappa shape index (κ2) is 8.61. The first kappa shape index (κ1) is 16.5. The van der Waals surface area contributed by atoms with E-state index >= 15 is 0 Å². The Labute approximate surface area is 120 Å². The molecule has 0 spiro atoms. The molecule has 1 aromatic carbocycles. The molecular weight excluding hydrogens is 282 g/mol. The van der Waals surface area contributed by atoms with E-state index in [1.54, 1.807) is 0 Å². The summed E-state index contributed by atoms with van der Waals surface area (Å²) in [7, 11) is 0. The number of hydrogen-bond donors (Lipinski definition) is 3. The number of benzene rings is 1. The Morgan fingerprint density at radius 3 is 2.43 bits per heavy atom. The van der Waals surface area contributed by atoms with Crippen LogP contribution >= 0.6 is 0 Å². The molecule has 3 N–H and O–H groups in total. The van der Waals surface area contributed by atoms with Crippen molar-refractivity contribution in [2.24, 2.45) is 0 Å². The van der Waals surface area contributed by atoms with Crippen molar-refractivity contribution in [3.63, 3.8) is 0 Å². The average molecular weight is 297 g/mol. The highest BCUT2D eigenvalue weighted by Gasteiger charge is 2.13. The fourth-order valence-corrected chi connectivity index (χ4v) is 1.34. The maximum absolute atomic E-state index is 11.5. The van der Waals surface area contributed by atoms with Crippen molar-refractivity contribution in [3.05, 3.63) is 34.4 Å². The number of non-ortho nitro benzene ring substituents is 1. The number of rotatable bonds is 7. The fourth-order valence-electron chi connectivity index (χ4n) is 1.34. The van der Waals surface area contributed by atoms with Crippen LogP contribution in [0, 0.1) is 10.1 Å². The molecule has 0 saturated carbocycles. The van der Waals surface area contributed by atoms with E-state index < -0.39 is 16.7 Å². The van der Waals surface area contributed by atoms with E-state index in [0.29, 0.717) is 0 Å². The minimum absolute atomic E-state index is 0.113. The number of aliphatic hydroxyl groups excluding tert-OH is 1. The summed E-state index contributed by atoms with van der Waals surface area (Å²) < 4.78 is 4.91. The molecule has 0 atom stereocenters. The molecule has 0 saturated heterocycles. The summed E-state index contributed by atoms with van der Waals surface area (Å²) in [5.74, 6) is -1.73. The molecule has 9 heteroatoms. The van der Waals surface area contributed by atoms with Crippen molar-refractivity contribution < 1.29 is 24.4 Å². The maximum atomic E-state index is 11.5. The fraction of sp³-hybridized carbons (Fsp3) is 0.333. The van der Waals surface area contributed by atoms with Gasteiger partial charge in [0.1, 0.15) is 0 Å². The molecule has 0 aliphatic heterocycles. The largest absolute Gasteiger partial charge is 0.394 e. The third kappa shape index (κ3) is 5.97. The van der Waals surface area contributed by atoms with Crippen molar-refractivity contribution in [3.8, 4) is 0 Å². The quantitative estimate of drug-likeness (QED) is 0.273. The lowest BCUT2D eigenvalue weighted by Crippen LogP contribution is -2.37. The van der Waals surface area contributed by atoms with Crippen LogP contribution in [-0.2, 0) is 14.3 Å². The first-order valence-corrected chi connectivity index (χ1v) is 6.07. The van der Waals surface area contributed by atoms with Crippen molar-refractivity contribution >= 4 is 23.2 Å². The highest BCUT2D eigenvalue weighted by atomic mass is 16.6. The van der Waals surface area contributed by atoms with Crippen molar-refractivity contribution in [1.29, 1.82) is 0 Å². The Morgan fingerprint density at radius 2 is 1.86 bits per heavy atom. The second-order valence-corrected chi connectivity index (χ2v) is 3.85. The second-order valence-electron chi connectivity index (χ2n) is 3.85. The number of anilines is 1. The van der Waals surface area contributed by atoms with E-state index in [4.69, 9.17) is 9.84 Å². The molecule has 0 unspecified atom stereocenters. The van der Waals surface area contributed by atoms with Crippen molar-refractivity contribution in [2.75, 3.05) is 31.7 Å². The van der Waals surface area contributed by atoms with Gasteiger partial charge in [-0.05, 0) is 12.1 Å². The monoisotopic (exact) mass is 297 g/mol. The van der Waals surface area contributed by atoms with Gasteiger partial charge in [0, 0.05) is 24.4 Å². The molecule has 0 aliphatic carbocycles. The summed E-state index contributed by atoms with van der Waals surface area (Å²) in [5, 5.41) is 23.6. The lowest BCUT2D eigenvalue weighted by atomic mass is 10.3. The van der Waals surface area contributed by atoms with Gasteiger partial charge < -0.3 is 20.5 Å². The van der Waals surface area contributed by atoms with E-state index in [0.717, 1.165) is 0 Å². The Hall–Kier alpha value is -2.52. The zero-order valence-electron chi connectivity index (χ0n) is 11.1. The van der Waals surface area contributed by atoms with Gasteiger partial charge in [-0.25, -0.2) is 0 Å². The number of carbonyl (C=O) groups excluding carboxylic acids is 2. The smallest absolute Gasteiger partial charge is 0.313 e.